The van der Waals surface area contributed by atoms with Crippen LogP contribution in [0.2, 0.25) is 0 Å². The normalized spacial score (nSPS) is 18.0. The Morgan fingerprint density at radius 2 is 2.20 bits per heavy atom. The van der Waals surface area contributed by atoms with Gasteiger partial charge in [0.1, 0.15) is 11.3 Å². The van der Waals surface area contributed by atoms with Crippen molar-refractivity contribution >= 4 is 17.5 Å². The highest BCUT2D eigenvalue weighted by Gasteiger charge is 2.26. The number of carbonyl (C=O) groups is 2. The molecule has 1 aliphatic rings. The van der Waals surface area contributed by atoms with E-state index in [1.807, 2.05) is 4.90 Å². The van der Waals surface area contributed by atoms with E-state index in [2.05, 4.69) is 23.9 Å². The maximum absolute atomic E-state index is 13.0. The maximum atomic E-state index is 13.0. The molecule has 1 fully saturated rings. The lowest BCUT2D eigenvalue weighted by Crippen LogP contribution is -2.40. The minimum atomic E-state index is -0.598. The number of piperidine rings is 1. The maximum Gasteiger partial charge on any atom is 0.272 e. The van der Waals surface area contributed by atoms with Crippen molar-refractivity contribution in [2.24, 2.45) is 17.6 Å². The highest BCUT2D eigenvalue weighted by atomic mass is 16.2. The molecule has 0 bridgehead atoms. The summed E-state index contributed by atoms with van der Waals surface area (Å²) >= 11 is 0. The lowest BCUT2D eigenvalue weighted by atomic mass is 9.90. The van der Waals surface area contributed by atoms with Crippen LogP contribution in [0.5, 0.6) is 0 Å². The molecule has 25 heavy (non-hydrogen) atoms. The van der Waals surface area contributed by atoms with Crippen LogP contribution in [0.3, 0.4) is 0 Å². The van der Waals surface area contributed by atoms with E-state index in [0.717, 1.165) is 25.9 Å². The van der Waals surface area contributed by atoms with E-state index in [9.17, 15) is 9.59 Å². The van der Waals surface area contributed by atoms with Gasteiger partial charge in [0.15, 0.2) is 5.65 Å². The predicted molar refractivity (Wildman–Crippen MR) is 94.2 cm³/mol. The van der Waals surface area contributed by atoms with Crippen LogP contribution in [0.4, 0.5) is 0 Å². The lowest BCUT2D eigenvalue weighted by molar-refractivity contribution is 0.0655. The van der Waals surface area contributed by atoms with Gasteiger partial charge >= 0.3 is 0 Å². The number of hydrogen-bond donors (Lipinski definition) is 1. The molecule has 7 nitrogen and oxygen atoms in total. The first-order valence-corrected chi connectivity index (χ1v) is 8.89. The van der Waals surface area contributed by atoms with Crippen molar-refractivity contribution in [3.05, 3.63) is 29.7 Å². The molecule has 0 spiro atoms. The van der Waals surface area contributed by atoms with E-state index >= 15 is 0 Å². The molecular weight excluding hydrogens is 318 g/mol. The molecule has 1 atom stereocenters. The van der Waals surface area contributed by atoms with Crippen molar-refractivity contribution in [1.29, 1.82) is 0 Å². The molecule has 1 saturated heterocycles. The molecular formula is C18H25N5O2. The number of nitrogens with zero attached hydrogens (tertiary/aromatic N) is 4. The molecule has 2 amide bonds. The summed E-state index contributed by atoms with van der Waals surface area (Å²) < 4.78 is 1.42. The number of primary amides is 1. The SMILES string of the molecule is CC(C)CC[C@@H]1CCCN(C(=O)c2ccnc3c(C(N)=O)cnn23)C1. The van der Waals surface area contributed by atoms with E-state index in [4.69, 9.17) is 5.73 Å². The first-order chi connectivity index (χ1) is 12.0. The standard InChI is InChI=1S/C18H25N5O2/c1-12(2)5-6-13-4-3-9-22(11-13)18(25)15-7-8-20-17-14(16(19)24)10-21-23(15)17/h7-8,10,12-13H,3-6,9,11H2,1-2H3,(H2,19,24)/t13-/m0/s1. The Hall–Kier alpha value is -2.44. The van der Waals surface area contributed by atoms with Crippen LogP contribution in [-0.2, 0) is 0 Å². The number of aromatic nitrogens is 3. The summed E-state index contributed by atoms with van der Waals surface area (Å²) in [7, 11) is 0. The van der Waals surface area contributed by atoms with Crippen molar-refractivity contribution < 1.29 is 9.59 Å². The zero-order valence-electron chi connectivity index (χ0n) is 14.8. The first-order valence-electron chi connectivity index (χ1n) is 8.89. The lowest BCUT2D eigenvalue weighted by Gasteiger charge is -2.33. The van der Waals surface area contributed by atoms with Gasteiger partial charge in [-0.3, -0.25) is 9.59 Å². The largest absolute Gasteiger partial charge is 0.365 e. The predicted octanol–water partition coefficient (Wildman–Crippen LogP) is 2.12. The summed E-state index contributed by atoms with van der Waals surface area (Å²) in [6, 6.07) is 1.64. The Bertz CT molecular complexity index is 783. The van der Waals surface area contributed by atoms with Gasteiger partial charge in [-0.25, -0.2) is 9.50 Å². The molecule has 0 radical (unpaired) electrons. The molecule has 0 aromatic carbocycles. The molecule has 2 aromatic rings. The zero-order valence-corrected chi connectivity index (χ0v) is 14.8. The quantitative estimate of drug-likeness (QED) is 0.900. The summed E-state index contributed by atoms with van der Waals surface area (Å²) in [6.07, 6.45) is 7.43. The fraction of sp³-hybridized carbons (Fsp3) is 0.556. The van der Waals surface area contributed by atoms with Crippen molar-refractivity contribution in [3.8, 4) is 0 Å². The monoisotopic (exact) mass is 343 g/mol. The van der Waals surface area contributed by atoms with E-state index in [1.54, 1.807) is 6.07 Å². The summed E-state index contributed by atoms with van der Waals surface area (Å²) in [5.41, 5.74) is 6.31. The molecule has 1 aliphatic heterocycles. The second kappa shape index (κ2) is 7.21. The summed E-state index contributed by atoms with van der Waals surface area (Å²) in [6.45, 7) is 5.99. The number of carbonyl (C=O) groups excluding carboxylic acids is 2. The molecule has 0 aliphatic carbocycles. The van der Waals surface area contributed by atoms with Gasteiger partial charge in [0.2, 0.25) is 0 Å². The van der Waals surface area contributed by atoms with E-state index in [-0.39, 0.29) is 11.5 Å². The van der Waals surface area contributed by atoms with Crippen LogP contribution in [-0.4, -0.2) is 44.4 Å². The highest BCUT2D eigenvalue weighted by molar-refractivity contribution is 5.99. The number of nitrogens with two attached hydrogens (primary N) is 1. The van der Waals surface area contributed by atoms with Crippen molar-refractivity contribution in [2.75, 3.05) is 13.1 Å². The molecule has 3 rings (SSSR count). The van der Waals surface area contributed by atoms with E-state index in [0.29, 0.717) is 23.2 Å². The van der Waals surface area contributed by atoms with Gasteiger partial charge in [-0.05, 0) is 37.2 Å². The van der Waals surface area contributed by atoms with E-state index < -0.39 is 5.91 Å². The second-order valence-corrected chi connectivity index (χ2v) is 7.22. The van der Waals surface area contributed by atoms with Crippen LogP contribution in [0, 0.1) is 11.8 Å². The third kappa shape index (κ3) is 3.65. The van der Waals surface area contributed by atoms with Crippen LogP contribution in [0.1, 0.15) is 60.4 Å². The Morgan fingerprint density at radius 3 is 2.92 bits per heavy atom. The molecule has 2 N–H and O–H groups in total. The summed E-state index contributed by atoms with van der Waals surface area (Å²) in [4.78, 5) is 30.5. The first kappa shape index (κ1) is 17.4. The Labute approximate surface area is 147 Å². The van der Waals surface area contributed by atoms with Crippen LogP contribution >= 0.6 is 0 Å². The highest BCUT2D eigenvalue weighted by Crippen LogP contribution is 2.24. The molecule has 0 saturated carbocycles. The number of amides is 2. The molecule has 134 valence electrons. The van der Waals surface area contributed by atoms with Crippen LogP contribution in [0.25, 0.3) is 5.65 Å². The summed E-state index contributed by atoms with van der Waals surface area (Å²) in [5, 5.41) is 4.14. The van der Waals surface area contributed by atoms with Gasteiger partial charge in [-0.1, -0.05) is 20.3 Å². The molecule has 0 unspecified atom stereocenters. The van der Waals surface area contributed by atoms with Crippen molar-refractivity contribution in [1.82, 2.24) is 19.5 Å². The average Bonchev–Trinajstić information content (AvgIpc) is 3.04. The number of likely N-dealkylation sites (tertiary alicyclic amines) is 1. The Kier molecular flexibility index (Phi) is 5.01. The van der Waals surface area contributed by atoms with Gasteiger partial charge in [0.05, 0.1) is 6.20 Å². The van der Waals surface area contributed by atoms with Crippen molar-refractivity contribution in [2.45, 2.75) is 39.5 Å². The van der Waals surface area contributed by atoms with Gasteiger partial charge < -0.3 is 10.6 Å². The number of hydrogen-bond acceptors (Lipinski definition) is 4. The third-order valence-corrected chi connectivity index (χ3v) is 4.84. The molecule has 3 heterocycles. The molecule has 7 heteroatoms. The third-order valence-electron chi connectivity index (χ3n) is 4.84. The van der Waals surface area contributed by atoms with Crippen LogP contribution in [0.15, 0.2) is 18.5 Å². The van der Waals surface area contributed by atoms with Gasteiger partial charge in [0, 0.05) is 19.3 Å². The average molecular weight is 343 g/mol. The van der Waals surface area contributed by atoms with Gasteiger partial charge in [-0.2, -0.15) is 5.10 Å². The number of fused-ring (bicyclic) bond motifs is 1. The Balaban J connectivity index is 1.81. The second-order valence-electron chi connectivity index (χ2n) is 7.22. The van der Waals surface area contributed by atoms with Crippen LogP contribution < -0.4 is 5.73 Å². The topological polar surface area (TPSA) is 93.6 Å². The fourth-order valence-electron chi connectivity index (χ4n) is 3.44. The summed E-state index contributed by atoms with van der Waals surface area (Å²) in [5.74, 6) is 0.568. The smallest absolute Gasteiger partial charge is 0.272 e. The zero-order chi connectivity index (χ0) is 18.0. The van der Waals surface area contributed by atoms with Crippen molar-refractivity contribution in [3.63, 3.8) is 0 Å². The number of rotatable bonds is 5. The Morgan fingerprint density at radius 1 is 1.40 bits per heavy atom. The minimum absolute atomic E-state index is 0.0687. The minimum Gasteiger partial charge on any atom is -0.365 e. The molecule has 2 aromatic heterocycles. The van der Waals surface area contributed by atoms with Gasteiger partial charge in [-0.15, -0.1) is 0 Å². The fourth-order valence-corrected chi connectivity index (χ4v) is 3.44. The van der Waals surface area contributed by atoms with Gasteiger partial charge in [0.25, 0.3) is 11.8 Å². The van der Waals surface area contributed by atoms with E-state index in [1.165, 1.54) is 29.8 Å².